The largest absolute Gasteiger partial charge is 0.347 e. The van der Waals surface area contributed by atoms with Gasteiger partial charge < -0.3 is 23.7 Å². The van der Waals surface area contributed by atoms with Crippen LogP contribution in [0.1, 0.15) is 27.7 Å². The lowest BCUT2D eigenvalue weighted by atomic mass is 10.1. The van der Waals surface area contributed by atoms with Crippen molar-refractivity contribution < 1.29 is 23.7 Å². The maximum absolute atomic E-state index is 5.85. The van der Waals surface area contributed by atoms with Crippen molar-refractivity contribution in [2.75, 3.05) is 6.61 Å². The molecule has 16 heavy (non-hydrogen) atoms. The molecule has 3 aliphatic rings. The molecule has 5 heteroatoms. The zero-order chi connectivity index (χ0) is 11.6. The zero-order valence-corrected chi connectivity index (χ0v) is 10.1. The highest BCUT2D eigenvalue weighted by molar-refractivity contribution is 4.95. The first-order valence-electron chi connectivity index (χ1n) is 5.69. The number of ether oxygens (including phenoxy) is 5. The molecular weight excluding hydrogens is 212 g/mol. The standard InChI is InChI=1S/C11H18O5/c1-10(2)13-6-5-12-9-8(7(6)14-10)15-11(3,4)16-9/h6-9H,5H2,1-4H3/t6-,7+,8-,9+/m1/s1. The summed E-state index contributed by atoms with van der Waals surface area (Å²) in [6.45, 7) is 8.06. The van der Waals surface area contributed by atoms with Crippen LogP contribution in [-0.2, 0) is 23.7 Å². The van der Waals surface area contributed by atoms with Gasteiger partial charge in [0.15, 0.2) is 17.9 Å². The molecule has 0 aromatic rings. The average Bonchev–Trinajstić information content (AvgIpc) is 2.58. The second-order valence-electron chi connectivity index (χ2n) is 5.44. The highest BCUT2D eigenvalue weighted by Gasteiger charge is 2.57. The first-order chi connectivity index (χ1) is 7.36. The molecule has 3 heterocycles. The minimum absolute atomic E-state index is 0.0613. The third kappa shape index (κ3) is 1.67. The quantitative estimate of drug-likeness (QED) is 0.621. The summed E-state index contributed by atoms with van der Waals surface area (Å²) in [6, 6.07) is 0. The van der Waals surface area contributed by atoms with Crippen molar-refractivity contribution in [3.8, 4) is 0 Å². The van der Waals surface area contributed by atoms with Crippen LogP contribution >= 0.6 is 0 Å². The second kappa shape index (κ2) is 3.17. The predicted octanol–water partition coefficient (Wildman–Crippen LogP) is 1.01. The van der Waals surface area contributed by atoms with Gasteiger partial charge in [-0.3, -0.25) is 0 Å². The smallest absolute Gasteiger partial charge is 0.189 e. The van der Waals surface area contributed by atoms with E-state index in [1.54, 1.807) is 0 Å². The van der Waals surface area contributed by atoms with Crippen molar-refractivity contribution in [2.24, 2.45) is 0 Å². The summed E-state index contributed by atoms with van der Waals surface area (Å²) in [5.74, 6) is -1.18. The van der Waals surface area contributed by atoms with Gasteiger partial charge in [-0.1, -0.05) is 0 Å². The molecule has 0 unspecified atom stereocenters. The Morgan fingerprint density at radius 2 is 1.44 bits per heavy atom. The molecule has 3 saturated heterocycles. The van der Waals surface area contributed by atoms with Gasteiger partial charge in [0, 0.05) is 0 Å². The molecule has 0 radical (unpaired) electrons. The summed E-state index contributed by atoms with van der Waals surface area (Å²) < 4.78 is 28.6. The molecule has 0 saturated carbocycles. The molecule has 0 spiro atoms. The van der Waals surface area contributed by atoms with Crippen LogP contribution < -0.4 is 0 Å². The molecule has 92 valence electrons. The van der Waals surface area contributed by atoms with E-state index < -0.39 is 11.6 Å². The van der Waals surface area contributed by atoms with Gasteiger partial charge in [-0.15, -0.1) is 0 Å². The summed E-state index contributed by atoms with van der Waals surface area (Å²) in [5, 5.41) is 0. The van der Waals surface area contributed by atoms with Crippen LogP contribution in [0.15, 0.2) is 0 Å². The van der Waals surface area contributed by atoms with Crippen LogP contribution in [0, 0.1) is 0 Å². The van der Waals surface area contributed by atoms with E-state index in [4.69, 9.17) is 23.7 Å². The number of hydrogen-bond acceptors (Lipinski definition) is 5. The van der Waals surface area contributed by atoms with Gasteiger partial charge in [0.2, 0.25) is 0 Å². The van der Waals surface area contributed by atoms with Gasteiger partial charge >= 0.3 is 0 Å². The first kappa shape index (κ1) is 10.9. The van der Waals surface area contributed by atoms with E-state index in [0.717, 1.165) is 0 Å². The van der Waals surface area contributed by atoms with E-state index in [1.807, 2.05) is 27.7 Å². The van der Waals surface area contributed by atoms with Crippen molar-refractivity contribution in [2.45, 2.75) is 63.9 Å². The number of hydrogen-bond donors (Lipinski definition) is 0. The summed E-state index contributed by atoms with van der Waals surface area (Å²) in [4.78, 5) is 0. The molecule has 0 aromatic heterocycles. The second-order valence-corrected chi connectivity index (χ2v) is 5.44. The van der Waals surface area contributed by atoms with E-state index >= 15 is 0 Å². The molecule has 0 amide bonds. The molecule has 5 nitrogen and oxygen atoms in total. The number of rotatable bonds is 0. The van der Waals surface area contributed by atoms with Crippen LogP contribution in [-0.4, -0.2) is 42.8 Å². The Balaban J connectivity index is 1.81. The van der Waals surface area contributed by atoms with Gasteiger partial charge in [-0.2, -0.15) is 0 Å². The van der Waals surface area contributed by atoms with Gasteiger partial charge in [-0.05, 0) is 27.7 Å². The maximum atomic E-state index is 5.85. The third-order valence-electron chi connectivity index (χ3n) is 3.06. The predicted molar refractivity (Wildman–Crippen MR) is 53.6 cm³/mol. The van der Waals surface area contributed by atoms with Gasteiger partial charge in [0.25, 0.3) is 0 Å². The lowest BCUT2D eigenvalue weighted by Crippen LogP contribution is -2.50. The molecule has 4 atom stereocenters. The van der Waals surface area contributed by atoms with Crippen LogP contribution in [0.5, 0.6) is 0 Å². The van der Waals surface area contributed by atoms with Gasteiger partial charge in [0.05, 0.1) is 6.61 Å². The Bertz CT molecular complexity index is 271. The summed E-state index contributed by atoms with van der Waals surface area (Å²) in [7, 11) is 0. The van der Waals surface area contributed by atoms with Crippen molar-refractivity contribution in [1.29, 1.82) is 0 Å². The molecule has 0 aromatic carbocycles. The van der Waals surface area contributed by atoms with E-state index in [2.05, 4.69) is 0 Å². The Kier molecular flexibility index (Phi) is 2.17. The Morgan fingerprint density at radius 1 is 0.812 bits per heavy atom. The Labute approximate surface area is 94.9 Å². The monoisotopic (exact) mass is 230 g/mol. The topological polar surface area (TPSA) is 46.2 Å². The minimum Gasteiger partial charge on any atom is -0.347 e. The molecule has 0 N–H and O–H groups in total. The lowest BCUT2D eigenvalue weighted by Gasteiger charge is -2.30. The van der Waals surface area contributed by atoms with Crippen LogP contribution in [0.25, 0.3) is 0 Å². The van der Waals surface area contributed by atoms with Crippen molar-refractivity contribution in [3.63, 3.8) is 0 Å². The van der Waals surface area contributed by atoms with Crippen LogP contribution in [0.2, 0.25) is 0 Å². The van der Waals surface area contributed by atoms with E-state index in [0.29, 0.717) is 6.61 Å². The van der Waals surface area contributed by atoms with Crippen molar-refractivity contribution in [1.82, 2.24) is 0 Å². The zero-order valence-electron chi connectivity index (χ0n) is 10.1. The fourth-order valence-electron chi connectivity index (χ4n) is 2.57. The third-order valence-corrected chi connectivity index (χ3v) is 3.06. The molecule has 3 rings (SSSR count). The van der Waals surface area contributed by atoms with E-state index in [-0.39, 0.29) is 24.6 Å². The SMILES string of the molecule is CC1(C)O[C@@H]2OC[C@H]3OC(C)(C)O[C@@H]3[C@H]2O1. The molecule has 3 aliphatic heterocycles. The molecule has 0 aliphatic carbocycles. The summed E-state index contributed by atoms with van der Waals surface area (Å²) in [6.07, 6.45) is -0.700. The highest BCUT2D eigenvalue weighted by Crippen LogP contribution is 2.41. The van der Waals surface area contributed by atoms with E-state index in [1.165, 1.54) is 0 Å². The fourth-order valence-corrected chi connectivity index (χ4v) is 2.57. The van der Waals surface area contributed by atoms with Crippen molar-refractivity contribution >= 4 is 0 Å². The Hall–Kier alpha value is -0.200. The van der Waals surface area contributed by atoms with Crippen LogP contribution in [0.3, 0.4) is 0 Å². The van der Waals surface area contributed by atoms with Crippen molar-refractivity contribution in [3.05, 3.63) is 0 Å². The lowest BCUT2D eigenvalue weighted by molar-refractivity contribution is -0.205. The summed E-state index contributed by atoms with van der Waals surface area (Å²) in [5.41, 5.74) is 0. The molecular formula is C11H18O5. The number of fused-ring (bicyclic) bond motifs is 3. The molecule has 3 fully saturated rings. The Morgan fingerprint density at radius 3 is 2.19 bits per heavy atom. The average molecular weight is 230 g/mol. The summed E-state index contributed by atoms with van der Waals surface area (Å²) >= 11 is 0. The molecule has 0 bridgehead atoms. The fraction of sp³-hybridized carbons (Fsp3) is 1.00. The van der Waals surface area contributed by atoms with Crippen LogP contribution in [0.4, 0.5) is 0 Å². The van der Waals surface area contributed by atoms with E-state index in [9.17, 15) is 0 Å². The maximum Gasteiger partial charge on any atom is 0.189 e. The minimum atomic E-state index is -0.611. The normalized spacial score (nSPS) is 48.8. The van der Waals surface area contributed by atoms with Gasteiger partial charge in [0.1, 0.15) is 18.3 Å². The highest BCUT2D eigenvalue weighted by atomic mass is 16.8. The first-order valence-corrected chi connectivity index (χ1v) is 5.69. The van der Waals surface area contributed by atoms with Gasteiger partial charge in [-0.25, -0.2) is 0 Å².